The van der Waals surface area contributed by atoms with Crippen molar-refractivity contribution in [1.82, 2.24) is 14.7 Å². The van der Waals surface area contributed by atoms with Crippen LogP contribution in [0.25, 0.3) is 5.69 Å². The van der Waals surface area contributed by atoms with E-state index in [2.05, 4.69) is 5.10 Å². The summed E-state index contributed by atoms with van der Waals surface area (Å²) in [5.41, 5.74) is 1.87. The maximum Gasteiger partial charge on any atom is 0.326 e. The number of amides is 1. The fraction of sp³-hybridized carbons (Fsp3) is 0.476. The van der Waals surface area contributed by atoms with E-state index < -0.39 is 12.0 Å². The Kier molecular flexibility index (Phi) is 4.83. The number of aliphatic carboxylic acids is 1. The van der Waals surface area contributed by atoms with Crippen molar-refractivity contribution < 1.29 is 19.4 Å². The molecule has 1 aromatic heterocycles. The highest BCUT2D eigenvalue weighted by Crippen LogP contribution is 2.41. The van der Waals surface area contributed by atoms with Gasteiger partial charge in [0.25, 0.3) is 5.91 Å². The summed E-state index contributed by atoms with van der Waals surface area (Å²) in [7, 11) is 1.59. The molecule has 2 aliphatic rings. The van der Waals surface area contributed by atoms with Crippen molar-refractivity contribution in [3.05, 3.63) is 41.7 Å². The molecule has 7 heteroatoms. The zero-order chi connectivity index (χ0) is 19.8. The molecule has 2 aromatic rings. The van der Waals surface area contributed by atoms with Crippen molar-refractivity contribution in [3.8, 4) is 11.4 Å². The van der Waals surface area contributed by atoms with Crippen LogP contribution in [0, 0.1) is 12.8 Å². The number of hydrogen-bond donors (Lipinski definition) is 1. The van der Waals surface area contributed by atoms with Gasteiger partial charge in [-0.25, -0.2) is 9.48 Å². The van der Waals surface area contributed by atoms with Gasteiger partial charge in [-0.15, -0.1) is 0 Å². The van der Waals surface area contributed by atoms with Gasteiger partial charge in [0, 0.05) is 6.04 Å². The zero-order valence-electron chi connectivity index (χ0n) is 16.2. The molecule has 28 heavy (non-hydrogen) atoms. The van der Waals surface area contributed by atoms with Crippen LogP contribution in [0.3, 0.4) is 0 Å². The van der Waals surface area contributed by atoms with E-state index in [1.54, 1.807) is 22.9 Å². The Morgan fingerprint density at radius 1 is 1.21 bits per heavy atom. The minimum absolute atomic E-state index is 0.0105. The third kappa shape index (κ3) is 2.95. The van der Waals surface area contributed by atoms with Crippen molar-refractivity contribution in [2.75, 3.05) is 7.11 Å². The topological polar surface area (TPSA) is 84.7 Å². The van der Waals surface area contributed by atoms with E-state index in [1.165, 1.54) is 0 Å². The molecule has 2 fully saturated rings. The lowest BCUT2D eigenvalue weighted by molar-refractivity contribution is -0.141. The molecule has 1 aliphatic carbocycles. The van der Waals surface area contributed by atoms with Crippen molar-refractivity contribution in [3.63, 3.8) is 0 Å². The van der Waals surface area contributed by atoms with Crippen LogP contribution in [-0.4, -0.2) is 50.9 Å². The maximum absolute atomic E-state index is 13.4. The number of carboxylic acids is 1. The SMILES string of the molecule is COc1ccccc1-n1ncc(C(=O)N2C(C(=O)O)CC3CCCCC32)c1C. The summed E-state index contributed by atoms with van der Waals surface area (Å²) >= 11 is 0. The smallest absolute Gasteiger partial charge is 0.326 e. The number of likely N-dealkylation sites (tertiary alicyclic amines) is 1. The molecule has 1 saturated carbocycles. The standard InChI is InChI=1S/C21H25N3O4/c1-13-15(12-22-24(13)17-9-5-6-10-19(17)28-2)20(25)23-16-8-4-3-7-14(16)11-18(23)21(26)27/h5-6,9-10,12,14,16,18H,3-4,7-8,11H2,1-2H3,(H,26,27). The van der Waals surface area contributed by atoms with Crippen molar-refractivity contribution in [2.24, 2.45) is 5.92 Å². The Balaban J connectivity index is 1.70. The first kappa shape index (κ1) is 18.5. The molecule has 1 amide bonds. The molecule has 1 aromatic carbocycles. The third-order valence-electron chi connectivity index (χ3n) is 6.16. The average molecular weight is 383 g/mol. The molecule has 7 nitrogen and oxygen atoms in total. The average Bonchev–Trinajstić information content (AvgIpc) is 3.28. The van der Waals surface area contributed by atoms with Gasteiger partial charge in [0.05, 0.1) is 24.6 Å². The molecule has 4 rings (SSSR count). The number of para-hydroxylation sites is 2. The number of methoxy groups -OCH3 is 1. The largest absolute Gasteiger partial charge is 0.494 e. The maximum atomic E-state index is 13.4. The molecular formula is C21H25N3O4. The number of nitrogens with zero attached hydrogens (tertiary/aromatic N) is 3. The van der Waals surface area contributed by atoms with Crippen LogP contribution in [0.2, 0.25) is 0 Å². The van der Waals surface area contributed by atoms with Crippen LogP contribution in [-0.2, 0) is 4.79 Å². The van der Waals surface area contributed by atoms with Gasteiger partial charge >= 0.3 is 5.97 Å². The summed E-state index contributed by atoms with van der Waals surface area (Å²) in [6.07, 6.45) is 6.11. The highest BCUT2D eigenvalue weighted by atomic mass is 16.5. The Morgan fingerprint density at radius 2 is 1.96 bits per heavy atom. The van der Waals surface area contributed by atoms with Crippen LogP contribution >= 0.6 is 0 Å². The molecule has 3 unspecified atom stereocenters. The third-order valence-corrected chi connectivity index (χ3v) is 6.16. The predicted octanol–water partition coefficient (Wildman–Crippen LogP) is 3.05. The van der Waals surface area contributed by atoms with Gasteiger partial charge in [0.2, 0.25) is 0 Å². The molecule has 1 aliphatic heterocycles. The molecule has 1 N–H and O–H groups in total. The van der Waals surface area contributed by atoms with Crippen molar-refractivity contribution in [1.29, 1.82) is 0 Å². The number of hydrogen-bond acceptors (Lipinski definition) is 4. The minimum Gasteiger partial charge on any atom is -0.494 e. The number of benzene rings is 1. The van der Waals surface area contributed by atoms with Gasteiger partial charge < -0.3 is 14.7 Å². The fourth-order valence-corrected chi connectivity index (χ4v) is 4.78. The van der Waals surface area contributed by atoms with E-state index in [0.29, 0.717) is 23.4 Å². The lowest BCUT2D eigenvalue weighted by atomic mass is 9.84. The van der Waals surface area contributed by atoms with Gasteiger partial charge in [-0.1, -0.05) is 25.0 Å². The van der Waals surface area contributed by atoms with Gasteiger partial charge in [-0.3, -0.25) is 4.79 Å². The second-order valence-electron chi connectivity index (χ2n) is 7.64. The van der Waals surface area contributed by atoms with Crippen LogP contribution in [0.5, 0.6) is 5.75 Å². The molecule has 3 atom stereocenters. The fourth-order valence-electron chi connectivity index (χ4n) is 4.78. The number of carbonyl (C=O) groups is 2. The number of carbonyl (C=O) groups excluding carboxylic acids is 1. The highest BCUT2D eigenvalue weighted by molar-refractivity contribution is 5.98. The van der Waals surface area contributed by atoms with Crippen molar-refractivity contribution >= 4 is 11.9 Å². The minimum atomic E-state index is -0.919. The lowest BCUT2D eigenvalue weighted by Gasteiger charge is -2.33. The second kappa shape index (κ2) is 7.30. The van der Waals surface area contributed by atoms with Gasteiger partial charge in [0.1, 0.15) is 17.5 Å². The Morgan fingerprint density at radius 3 is 2.71 bits per heavy atom. The van der Waals surface area contributed by atoms with E-state index in [0.717, 1.165) is 31.4 Å². The van der Waals surface area contributed by atoms with Crippen molar-refractivity contribution in [2.45, 2.75) is 51.1 Å². The Hall–Kier alpha value is -2.83. The monoisotopic (exact) mass is 383 g/mol. The molecule has 148 valence electrons. The number of aromatic nitrogens is 2. The Labute approximate surface area is 163 Å². The summed E-state index contributed by atoms with van der Waals surface area (Å²) in [5, 5.41) is 14.1. The Bertz CT molecular complexity index is 907. The quantitative estimate of drug-likeness (QED) is 0.877. The summed E-state index contributed by atoms with van der Waals surface area (Å²) in [5.74, 6) is -0.217. The summed E-state index contributed by atoms with van der Waals surface area (Å²) in [4.78, 5) is 26.9. The van der Waals surface area contributed by atoms with Crippen LogP contribution in [0.1, 0.15) is 48.2 Å². The zero-order valence-corrected chi connectivity index (χ0v) is 16.2. The van der Waals surface area contributed by atoms with Gasteiger partial charge in [-0.2, -0.15) is 5.10 Å². The number of rotatable bonds is 4. The first-order valence-electron chi connectivity index (χ1n) is 9.76. The van der Waals surface area contributed by atoms with E-state index in [1.807, 2.05) is 31.2 Å². The number of carboxylic acid groups (broad SMARTS) is 1. The molecule has 0 radical (unpaired) electrons. The van der Waals surface area contributed by atoms with E-state index in [4.69, 9.17) is 4.74 Å². The summed E-state index contributed by atoms with van der Waals surface area (Å²) in [6, 6.07) is 6.73. The number of ether oxygens (including phenoxy) is 1. The first-order chi connectivity index (χ1) is 13.5. The van der Waals surface area contributed by atoms with E-state index in [9.17, 15) is 14.7 Å². The highest BCUT2D eigenvalue weighted by Gasteiger charge is 2.48. The molecule has 0 spiro atoms. The van der Waals surface area contributed by atoms with Gasteiger partial charge in [-0.05, 0) is 44.2 Å². The molecule has 0 bridgehead atoms. The second-order valence-corrected chi connectivity index (χ2v) is 7.64. The van der Waals surface area contributed by atoms with Gasteiger partial charge in [0.15, 0.2) is 0 Å². The number of fused-ring (bicyclic) bond motifs is 1. The molecular weight excluding hydrogens is 358 g/mol. The predicted molar refractivity (Wildman–Crippen MR) is 103 cm³/mol. The first-order valence-corrected chi connectivity index (χ1v) is 9.76. The normalized spacial score (nSPS) is 24.1. The summed E-state index contributed by atoms with van der Waals surface area (Å²) in [6.45, 7) is 1.83. The van der Waals surface area contributed by atoms with Crippen LogP contribution in [0.15, 0.2) is 30.5 Å². The molecule has 2 heterocycles. The van der Waals surface area contributed by atoms with E-state index in [-0.39, 0.29) is 17.9 Å². The lowest BCUT2D eigenvalue weighted by Crippen LogP contribution is -2.46. The van der Waals surface area contributed by atoms with E-state index >= 15 is 0 Å². The molecule has 1 saturated heterocycles. The summed E-state index contributed by atoms with van der Waals surface area (Å²) < 4.78 is 7.09. The van der Waals surface area contributed by atoms with Crippen LogP contribution < -0.4 is 4.74 Å². The van der Waals surface area contributed by atoms with Crippen LogP contribution in [0.4, 0.5) is 0 Å².